The van der Waals surface area contributed by atoms with Gasteiger partial charge in [0.25, 0.3) is 0 Å². The molecular weight excluding hydrogens is 192 g/mol. The van der Waals surface area contributed by atoms with Gasteiger partial charge in [-0.05, 0) is 25.0 Å². The Hall–Kier alpha value is -1.42. The lowest BCUT2D eigenvalue weighted by atomic mass is 10.1. The third-order valence-electron chi connectivity index (χ3n) is 2.80. The van der Waals surface area contributed by atoms with E-state index in [1.165, 1.54) is 0 Å². The molecule has 1 aliphatic carbocycles. The first-order chi connectivity index (χ1) is 7.23. The molecule has 0 saturated heterocycles. The van der Waals surface area contributed by atoms with E-state index >= 15 is 0 Å². The summed E-state index contributed by atoms with van der Waals surface area (Å²) >= 11 is 0. The Morgan fingerprint density at radius 1 is 1.53 bits per heavy atom. The first-order valence-corrected chi connectivity index (χ1v) is 5.07. The number of hydrogen-bond acceptors (Lipinski definition) is 3. The monoisotopic (exact) mass is 206 g/mol. The first-order valence-electron chi connectivity index (χ1n) is 5.07. The molecule has 0 amide bonds. The number of carbonyl (C=O) groups is 1. The second kappa shape index (κ2) is 3.98. The summed E-state index contributed by atoms with van der Waals surface area (Å²) in [6, 6.07) is 5.71. The number of hydrogen-bond donors (Lipinski definition) is 2. The Kier molecular flexibility index (Phi) is 2.68. The highest BCUT2D eigenvalue weighted by molar-refractivity contribution is 5.78. The highest BCUT2D eigenvalue weighted by Crippen LogP contribution is 2.45. The Balaban J connectivity index is 1.79. The predicted molar refractivity (Wildman–Crippen MR) is 55.2 cm³/mol. The summed E-state index contributed by atoms with van der Waals surface area (Å²) in [5.74, 6) is -0.684. The van der Waals surface area contributed by atoms with Gasteiger partial charge in [0, 0.05) is 19.3 Å². The van der Waals surface area contributed by atoms with E-state index in [1.54, 1.807) is 6.20 Å². The van der Waals surface area contributed by atoms with Crippen LogP contribution in [0.5, 0.6) is 0 Å². The summed E-state index contributed by atoms with van der Waals surface area (Å²) in [7, 11) is 0. The van der Waals surface area contributed by atoms with Crippen molar-refractivity contribution >= 4 is 5.97 Å². The van der Waals surface area contributed by atoms with E-state index in [2.05, 4.69) is 10.3 Å². The van der Waals surface area contributed by atoms with Gasteiger partial charge in [0.1, 0.15) is 0 Å². The van der Waals surface area contributed by atoms with Gasteiger partial charge < -0.3 is 10.4 Å². The van der Waals surface area contributed by atoms with Crippen LogP contribution in [0.2, 0.25) is 0 Å². The summed E-state index contributed by atoms with van der Waals surface area (Å²) in [6.07, 6.45) is 3.32. The second-order valence-corrected chi connectivity index (χ2v) is 4.01. The van der Waals surface area contributed by atoms with E-state index < -0.39 is 11.4 Å². The third-order valence-corrected chi connectivity index (χ3v) is 2.80. The molecule has 2 rings (SSSR count). The molecule has 1 heterocycles. The number of nitrogens with zero attached hydrogens (tertiary/aromatic N) is 1. The Bertz CT molecular complexity index is 347. The van der Waals surface area contributed by atoms with E-state index in [0.717, 1.165) is 18.5 Å². The third kappa shape index (κ3) is 2.33. The van der Waals surface area contributed by atoms with Crippen LogP contribution in [0.25, 0.3) is 0 Å². The van der Waals surface area contributed by atoms with Crippen LogP contribution in [0, 0.1) is 5.41 Å². The van der Waals surface area contributed by atoms with Crippen LogP contribution in [0.1, 0.15) is 18.5 Å². The number of carboxylic acids is 1. The quantitative estimate of drug-likeness (QED) is 0.755. The number of aliphatic carboxylic acids is 1. The van der Waals surface area contributed by atoms with Gasteiger partial charge in [-0.2, -0.15) is 0 Å². The van der Waals surface area contributed by atoms with Gasteiger partial charge in [0.2, 0.25) is 0 Å². The van der Waals surface area contributed by atoms with Crippen molar-refractivity contribution in [2.75, 3.05) is 6.54 Å². The molecule has 4 heteroatoms. The first kappa shape index (κ1) is 10.1. The van der Waals surface area contributed by atoms with Crippen molar-refractivity contribution in [3.05, 3.63) is 30.1 Å². The van der Waals surface area contributed by atoms with Crippen LogP contribution in [0.15, 0.2) is 24.4 Å². The smallest absolute Gasteiger partial charge is 0.310 e. The standard InChI is InChI=1S/C11H14N2O2/c14-10(15)11(4-5-11)8-12-7-9-3-1-2-6-13-9/h1-3,6,12H,4-5,7-8H2,(H,14,15). The summed E-state index contributed by atoms with van der Waals surface area (Å²) in [6.45, 7) is 1.18. The largest absolute Gasteiger partial charge is 0.481 e. The van der Waals surface area contributed by atoms with Crippen LogP contribution in [0.4, 0.5) is 0 Å². The molecule has 0 atom stereocenters. The molecule has 15 heavy (non-hydrogen) atoms. The van der Waals surface area contributed by atoms with Crippen molar-refractivity contribution in [3.8, 4) is 0 Å². The molecule has 1 aromatic rings. The van der Waals surface area contributed by atoms with Gasteiger partial charge in [-0.1, -0.05) is 6.07 Å². The van der Waals surface area contributed by atoms with Crippen molar-refractivity contribution in [1.29, 1.82) is 0 Å². The zero-order valence-corrected chi connectivity index (χ0v) is 8.44. The predicted octanol–water partition coefficient (Wildman–Crippen LogP) is 1.04. The van der Waals surface area contributed by atoms with E-state index in [4.69, 9.17) is 5.11 Å². The number of nitrogens with one attached hydrogen (secondary N) is 1. The van der Waals surface area contributed by atoms with Crippen molar-refractivity contribution in [2.45, 2.75) is 19.4 Å². The topological polar surface area (TPSA) is 62.2 Å². The van der Waals surface area contributed by atoms with Gasteiger partial charge in [-0.3, -0.25) is 9.78 Å². The fraction of sp³-hybridized carbons (Fsp3) is 0.455. The average molecular weight is 206 g/mol. The molecule has 0 unspecified atom stereocenters. The summed E-state index contributed by atoms with van der Waals surface area (Å²) in [5.41, 5.74) is 0.452. The molecule has 4 nitrogen and oxygen atoms in total. The molecule has 2 N–H and O–H groups in total. The molecular formula is C11H14N2O2. The average Bonchev–Trinajstić information content (AvgIpc) is 3.01. The van der Waals surface area contributed by atoms with Crippen LogP contribution in [-0.4, -0.2) is 22.6 Å². The van der Waals surface area contributed by atoms with E-state index in [1.807, 2.05) is 18.2 Å². The molecule has 1 saturated carbocycles. The van der Waals surface area contributed by atoms with E-state index in [0.29, 0.717) is 13.1 Å². The minimum atomic E-state index is -0.684. The lowest BCUT2D eigenvalue weighted by Crippen LogP contribution is -2.29. The van der Waals surface area contributed by atoms with Crippen molar-refractivity contribution < 1.29 is 9.90 Å². The lowest BCUT2D eigenvalue weighted by Gasteiger charge is -2.10. The van der Waals surface area contributed by atoms with Gasteiger partial charge >= 0.3 is 5.97 Å². The second-order valence-electron chi connectivity index (χ2n) is 4.01. The van der Waals surface area contributed by atoms with Crippen molar-refractivity contribution in [3.63, 3.8) is 0 Å². The van der Waals surface area contributed by atoms with Gasteiger partial charge in [0.05, 0.1) is 11.1 Å². The normalized spacial score (nSPS) is 17.3. The maximum atomic E-state index is 10.9. The molecule has 1 aromatic heterocycles. The fourth-order valence-corrected chi connectivity index (χ4v) is 1.55. The van der Waals surface area contributed by atoms with Gasteiger partial charge in [-0.25, -0.2) is 0 Å². The molecule has 0 radical (unpaired) electrons. The maximum absolute atomic E-state index is 10.9. The summed E-state index contributed by atoms with van der Waals surface area (Å²) in [4.78, 5) is 15.0. The Labute approximate surface area is 88.3 Å². The van der Waals surface area contributed by atoms with E-state index in [-0.39, 0.29) is 0 Å². The SMILES string of the molecule is O=C(O)C1(CNCc2ccccn2)CC1. The number of aromatic nitrogens is 1. The van der Waals surface area contributed by atoms with Crippen LogP contribution >= 0.6 is 0 Å². The van der Waals surface area contributed by atoms with Crippen molar-refractivity contribution in [1.82, 2.24) is 10.3 Å². The highest BCUT2D eigenvalue weighted by atomic mass is 16.4. The maximum Gasteiger partial charge on any atom is 0.310 e. The molecule has 1 fully saturated rings. The van der Waals surface area contributed by atoms with Gasteiger partial charge in [0.15, 0.2) is 0 Å². The number of rotatable bonds is 5. The summed E-state index contributed by atoms with van der Waals surface area (Å²) < 4.78 is 0. The highest BCUT2D eigenvalue weighted by Gasteiger charge is 2.49. The minimum Gasteiger partial charge on any atom is -0.481 e. The molecule has 1 aliphatic rings. The molecule has 0 bridgehead atoms. The zero-order chi connectivity index (χ0) is 10.7. The zero-order valence-electron chi connectivity index (χ0n) is 8.44. The Morgan fingerprint density at radius 2 is 2.33 bits per heavy atom. The molecule has 0 aliphatic heterocycles. The summed E-state index contributed by atoms with van der Waals surface area (Å²) in [5, 5.41) is 12.1. The lowest BCUT2D eigenvalue weighted by molar-refractivity contribution is -0.143. The number of pyridine rings is 1. The van der Waals surface area contributed by atoms with Crippen LogP contribution in [0.3, 0.4) is 0 Å². The Morgan fingerprint density at radius 3 is 2.87 bits per heavy atom. The van der Waals surface area contributed by atoms with Crippen molar-refractivity contribution in [2.24, 2.45) is 5.41 Å². The van der Waals surface area contributed by atoms with Gasteiger partial charge in [-0.15, -0.1) is 0 Å². The van der Waals surface area contributed by atoms with Crippen LogP contribution in [-0.2, 0) is 11.3 Å². The molecule has 80 valence electrons. The van der Waals surface area contributed by atoms with Crippen LogP contribution < -0.4 is 5.32 Å². The molecule has 0 spiro atoms. The van der Waals surface area contributed by atoms with E-state index in [9.17, 15) is 4.79 Å². The number of carboxylic acid groups (broad SMARTS) is 1. The molecule has 0 aromatic carbocycles. The fourth-order valence-electron chi connectivity index (χ4n) is 1.55. The minimum absolute atomic E-state index is 0.491.